The van der Waals surface area contributed by atoms with Gasteiger partial charge in [-0.25, -0.2) is 0 Å². The number of hydrogen-bond donors (Lipinski definition) is 2. The van der Waals surface area contributed by atoms with Gasteiger partial charge in [-0.3, -0.25) is 9.89 Å². The minimum atomic E-state index is 0.0125. The summed E-state index contributed by atoms with van der Waals surface area (Å²) in [4.78, 5) is 7.17. The van der Waals surface area contributed by atoms with Crippen molar-refractivity contribution >= 4 is 5.96 Å². The summed E-state index contributed by atoms with van der Waals surface area (Å²) in [5.74, 6) is 3.47. The van der Waals surface area contributed by atoms with Crippen molar-refractivity contribution in [2.24, 2.45) is 22.6 Å². The quantitative estimate of drug-likeness (QED) is 0.527. The molecule has 2 atom stereocenters. The van der Waals surface area contributed by atoms with E-state index in [0.717, 1.165) is 55.0 Å². The summed E-state index contributed by atoms with van der Waals surface area (Å²) >= 11 is 0. The highest BCUT2D eigenvalue weighted by molar-refractivity contribution is 5.77. The predicted octanol–water partition coefficient (Wildman–Crippen LogP) is 2.91. The number of nitrogens with two attached hydrogens (primary N) is 1. The van der Waals surface area contributed by atoms with Crippen molar-refractivity contribution in [2.75, 3.05) is 40.4 Å². The monoisotopic (exact) mass is 390 g/mol. The van der Waals surface area contributed by atoms with Crippen LogP contribution in [0.15, 0.2) is 23.2 Å². The van der Waals surface area contributed by atoms with Gasteiger partial charge in [-0.15, -0.1) is 0 Å². The molecule has 1 aromatic rings. The molecule has 2 unspecified atom stereocenters. The van der Waals surface area contributed by atoms with E-state index in [-0.39, 0.29) is 5.54 Å². The molecule has 0 radical (unpaired) electrons. The van der Waals surface area contributed by atoms with Crippen LogP contribution in [0.25, 0.3) is 0 Å². The summed E-state index contributed by atoms with van der Waals surface area (Å²) in [7, 11) is 3.29. The summed E-state index contributed by atoms with van der Waals surface area (Å²) in [6, 6.07) is 5.96. The van der Waals surface area contributed by atoms with Crippen LogP contribution in [0.3, 0.4) is 0 Å². The van der Waals surface area contributed by atoms with Gasteiger partial charge in [0.25, 0.3) is 0 Å². The first-order valence-electron chi connectivity index (χ1n) is 10.2. The number of benzene rings is 1. The molecule has 1 heterocycles. The van der Waals surface area contributed by atoms with Crippen LogP contribution < -0.4 is 20.5 Å². The molecule has 1 fully saturated rings. The van der Waals surface area contributed by atoms with E-state index in [1.54, 1.807) is 14.2 Å². The van der Waals surface area contributed by atoms with E-state index in [2.05, 4.69) is 42.9 Å². The van der Waals surface area contributed by atoms with E-state index in [1.165, 1.54) is 6.42 Å². The number of nitrogens with one attached hydrogen (secondary N) is 1. The molecule has 0 aliphatic carbocycles. The summed E-state index contributed by atoms with van der Waals surface area (Å²) in [5.41, 5.74) is 7.28. The van der Waals surface area contributed by atoms with E-state index in [1.807, 2.05) is 18.2 Å². The largest absolute Gasteiger partial charge is 0.493 e. The first-order valence-corrected chi connectivity index (χ1v) is 10.2. The topological polar surface area (TPSA) is 72.1 Å². The van der Waals surface area contributed by atoms with Gasteiger partial charge in [0.05, 0.1) is 20.8 Å². The van der Waals surface area contributed by atoms with Crippen LogP contribution in [0.4, 0.5) is 0 Å². The predicted molar refractivity (Wildman–Crippen MR) is 116 cm³/mol. The van der Waals surface area contributed by atoms with Crippen LogP contribution in [-0.4, -0.2) is 56.8 Å². The van der Waals surface area contributed by atoms with Gasteiger partial charge in [0, 0.05) is 25.2 Å². The second kappa shape index (κ2) is 10.0. The molecule has 28 heavy (non-hydrogen) atoms. The average molecular weight is 391 g/mol. The maximum absolute atomic E-state index is 6.11. The van der Waals surface area contributed by atoms with Gasteiger partial charge in [-0.1, -0.05) is 19.9 Å². The van der Waals surface area contributed by atoms with Gasteiger partial charge in [-0.05, 0) is 56.2 Å². The summed E-state index contributed by atoms with van der Waals surface area (Å²) in [5, 5.41) is 3.23. The highest BCUT2D eigenvalue weighted by Gasteiger charge is 2.32. The van der Waals surface area contributed by atoms with Gasteiger partial charge in [0.1, 0.15) is 0 Å². The van der Waals surface area contributed by atoms with Crippen LogP contribution in [0.5, 0.6) is 11.5 Å². The number of guanidine groups is 1. The van der Waals surface area contributed by atoms with Crippen molar-refractivity contribution in [1.82, 2.24) is 10.2 Å². The van der Waals surface area contributed by atoms with E-state index >= 15 is 0 Å². The van der Waals surface area contributed by atoms with Crippen molar-refractivity contribution in [3.63, 3.8) is 0 Å². The maximum atomic E-state index is 6.11. The second-order valence-corrected chi connectivity index (χ2v) is 8.73. The van der Waals surface area contributed by atoms with Gasteiger partial charge < -0.3 is 20.5 Å². The van der Waals surface area contributed by atoms with Crippen molar-refractivity contribution in [1.29, 1.82) is 0 Å². The number of hydrogen-bond acceptors (Lipinski definition) is 4. The first kappa shape index (κ1) is 22.3. The lowest BCUT2D eigenvalue weighted by atomic mass is 9.88. The molecular weight excluding hydrogens is 352 g/mol. The summed E-state index contributed by atoms with van der Waals surface area (Å²) < 4.78 is 10.6. The third-order valence-electron chi connectivity index (χ3n) is 5.53. The number of methoxy groups -OCH3 is 2. The van der Waals surface area contributed by atoms with Crippen LogP contribution in [0.1, 0.15) is 39.7 Å². The van der Waals surface area contributed by atoms with Crippen molar-refractivity contribution in [2.45, 2.75) is 46.1 Å². The van der Waals surface area contributed by atoms with Crippen LogP contribution in [-0.2, 0) is 6.42 Å². The molecule has 1 aliphatic rings. The van der Waals surface area contributed by atoms with E-state index in [0.29, 0.717) is 12.5 Å². The zero-order chi connectivity index (χ0) is 20.7. The van der Waals surface area contributed by atoms with Crippen LogP contribution >= 0.6 is 0 Å². The van der Waals surface area contributed by atoms with E-state index in [4.69, 9.17) is 15.2 Å². The minimum Gasteiger partial charge on any atom is -0.493 e. The molecule has 1 aliphatic heterocycles. The number of aliphatic imine (C=N–C) groups is 1. The molecule has 0 bridgehead atoms. The zero-order valence-corrected chi connectivity index (χ0v) is 18.4. The normalized spacial score (nSPS) is 21.4. The van der Waals surface area contributed by atoms with Crippen LogP contribution in [0, 0.1) is 11.8 Å². The Morgan fingerprint density at radius 2 is 1.82 bits per heavy atom. The number of likely N-dealkylation sites (tertiary alicyclic amines) is 1. The Kier molecular flexibility index (Phi) is 7.98. The second-order valence-electron chi connectivity index (χ2n) is 8.73. The van der Waals surface area contributed by atoms with Gasteiger partial charge in [0.2, 0.25) is 0 Å². The Hall–Kier alpha value is -1.95. The molecule has 6 nitrogen and oxygen atoms in total. The molecule has 0 amide bonds. The number of ether oxygens (including phenoxy) is 2. The molecule has 0 spiro atoms. The Balaban J connectivity index is 1.84. The van der Waals surface area contributed by atoms with Crippen molar-refractivity contribution in [3.8, 4) is 11.5 Å². The van der Waals surface area contributed by atoms with Crippen LogP contribution in [0.2, 0.25) is 0 Å². The third-order valence-corrected chi connectivity index (χ3v) is 5.53. The molecule has 158 valence electrons. The standard InChI is InChI=1S/C22H38N4O2/c1-16-11-17(2)14-26(13-16)22(3,4)15-25-21(23)24-10-9-18-7-8-19(27-5)20(12-18)28-6/h7-8,12,16-17H,9-11,13-15H2,1-6H3,(H3,23,24,25). The SMILES string of the molecule is COc1ccc(CCNC(N)=NCC(C)(C)N2CC(C)CC(C)C2)cc1OC. The van der Waals surface area contributed by atoms with Crippen molar-refractivity contribution in [3.05, 3.63) is 23.8 Å². The lowest BCUT2D eigenvalue weighted by Gasteiger charge is -2.44. The molecule has 0 saturated carbocycles. The Morgan fingerprint density at radius 3 is 2.43 bits per heavy atom. The molecule has 3 N–H and O–H groups in total. The number of rotatable bonds is 8. The molecule has 6 heteroatoms. The Labute approximate surface area is 170 Å². The van der Waals surface area contributed by atoms with E-state index in [9.17, 15) is 0 Å². The highest BCUT2D eigenvalue weighted by atomic mass is 16.5. The van der Waals surface area contributed by atoms with E-state index < -0.39 is 0 Å². The fraction of sp³-hybridized carbons (Fsp3) is 0.682. The number of nitrogens with zero attached hydrogens (tertiary/aromatic N) is 2. The fourth-order valence-electron chi connectivity index (χ4n) is 3.96. The average Bonchev–Trinajstić information content (AvgIpc) is 2.65. The summed E-state index contributed by atoms with van der Waals surface area (Å²) in [6.07, 6.45) is 2.15. The van der Waals surface area contributed by atoms with Gasteiger partial charge in [0.15, 0.2) is 17.5 Å². The first-order chi connectivity index (χ1) is 13.2. The fourth-order valence-corrected chi connectivity index (χ4v) is 3.96. The molecular formula is C22H38N4O2. The highest BCUT2D eigenvalue weighted by Crippen LogP contribution is 2.28. The zero-order valence-electron chi connectivity index (χ0n) is 18.4. The van der Waals surface area contributed by atoms with Crippen molar-refractivity contribution < 1.29 is 9.47 Å². The third kappa shape index (κ3) is 6.30. The molecule has 2 rings (SSSR count). The lowest BCUT2D eigenvalue weighted by Crippen LogP contribution is -2.53. The Bertz CT molecular complexity index is 650. The molecule has 1 saturated heterocycles. The van der Waals surface area contributed by atoms with Gasteiger partial charge >= 0.3 is 0 Å². The molecule has 0 aromatic heterocycles. The lowest BCUT2D eigenvalue weighted by molar-refractivity contribution is 0.0513. The summed E-state index contributed by atoms with van der Waals surface area (Å²) in [6.45, 7) is 12.9. The minimum absolute atomic E-state index is 0.0125. The smallest absolute Gasteiger partial charge is 0.188 e. The van der Waals surface area contributed by atoms with Gasteiger partial charge in [-0.2, -0.15) is 0 Å². The number of piperidine rings is 1. The Morgan fingerprint density at radius 1 is 1.18 bits per heavy atom. The maximum Gasteiger partial charge on any atom is 0.188 e. The molecule has 1 aromatic carbocycles.